The van der Waals surface area contributed by atoms with E-state index in [9.17, 15) is 9.59 Å². The standard InChI is InChI=1S/C21H25N3O4/c1-4-7-24-17-12-23(11-13-5-6-13)20(25)18(17)19(22-21(24)26)14-8-15(27-2)10-16(9-14)28-3/h4,8-10,13,19H,1,5-7,11-12H2,2-3H3,(H,22,26). The predicted octanol–water partition coefficient (Wildman–Crippen LogP) is 2.46. The van der Waals surface area contributed by atoms with Crippen LogP contribution in [-0.4, -0.2) is 55.6 Å². The summed E-state index contributed by atoms with van der Waals surface area (Å²) in [5.41, 5.74) is 2.15. The highest BCUT2D eigenvalue weighted by atomic mass is 16.5. The molecule has 1 aromatic rings. The van der Waals surface area contributed by atoms with Crippen LogP contribution in [0.1, 0.15) is 24.4 Å². The summed E-state index contributed by atoms with van der Waals surface area (Å²) in [6.45, 7) is 5.32. The third-order valence-electron chi connectivity index (χ3n) is 5.49. The monoisotopic (exact) mass is 383 g/mol. The second-order valence-corrected chi connectivity index (χ2v) is 7.42. The molecule has 1 atom stereocenters. The van der Waals surface area contributed by atoms with Gasteiger partial charge in [-0.15, -0.1) is 6.58 Å². The first-order chi connectivity index (χ1) is 13.5. The quantitative estimate of drug-likeness (QED) is 0.735. The van der Waals surface area contributed by atoms with Crippen LogP contribution in [-0.2, 0) is 4.79 Å². The zero-order valence-electron chi connectivity index (χ0n) is 16.2. The van der Waals surface area contributed by atoms with Crippen molar-refractivity contribution < 1.29 is 19.1 Å². The van der Waals surface area contributed by atoms with E-state index in [0.717, 1.165) is 17.8 Å². The summed E-state index contributed by atoms with van der Waals surface area (Å²) in [7, 11) is 3.15. The zero-order valence-corrected chi connectivity index (χ0v) is 16.2. The van der Waals surface area contributed by atoms with Gasteiger partial charge in [0, 0.05) is 19.2 Å². The number of rotatable bonds is 7. The molecule has 7 nitrogen and oxygen atoms in total. The Morgan fingerprint density at radius 1 is 1.18 bits per heavy atom. The normalized spacial score (nSPS) is 21.6. The van der Waals surface area contributed by atoms with Crippen LogP contribution in [0.4, 0.5) is 4.79 Å². The fourth-order valence-electron chi connectivity index (χ4n) is 3.88. The van der Waals surface area contributed by atoms with Crippen LogP contribution >= 0.6 is 0 Å². The molecule has 3 aliphatic rings. The van der Waals surface area contributed by atoms with E-state index in [-0.39, 0.29) is 11.9 Å². The molecule has 0 aromatic heterocycles. The van der Waals surface area contributed by atoms with Crippen molar-refractivity contribution in [3.05, 3.63) is 47.7 Å². The number of ether oxygens (including phenoxy) is 2. The van der Waals surface area contributed by atoms with Gasteiger partial charge in [0.15, 0.2) is 0 Å². The number of methoxy groups -OCH3 is 2. The van der Waals surface area contributed by atoms with E-state index in [1.807, 2.05) is 17.0 Å². The molecule has 1 aliphatic carbocycles. The van der Waals surface area contributed by atoms with Gasteiger partial charge >= 0.3 is 6.03 Å². The fraction of sp³-hybridized carbons (Fsp3) is 0.429. The Morgan fingerprint density at radius 2 is 1.86 bits per heavy atom. The fourth-order valence-corrected chi connectivity index (χ4v) is 3.88. The van der Waals surface area contributed by atoms with E-state index >= 15 is 0 Å². The third kappa shape index (κ3) is 3.21. The first kappa shape index (κ1) is 18.4. The lowest BCUT2D eigenvalue weighted by Gasteiger charge is -2.33. The molecule has 1 saturated carbocycles. The van der Waals surface area contributed by atoms with Gasteiger partial charge < -0.3 is 19.7 Å². The molecule has 0 bridgehead atoms. The molecule has 148 valence electrons. The van der Waals surface area contributed by atoms with E-state index in [1.165, 1.54) is 12.8 Å². The van der Waals surface area contributed by atoms with Crippen molar-refractivity contribution in [2.75, 3.05) is 33.9 Å². The van der Waals surface area contributed by atoms with E-state index in [2.05, 4.69) is 11.9 Å². The lowest BCUT2D eigenvalue weighted by atomic mass is 9.95. The molecule has 4 rings (SSSR count). The maximum Gasteiger partial charge on any atom is 0.322 e. The Kier molecular flexibility index (Phi) is 4.75. The Morgan fingerprint density at radius 3 is 2.43 bits per heavy atom. The van der Waals surface area contributed by atoms with Crippen molar-refractivity contribution >= 4 is 11.9 Å². The summed E-state index contributed by atoms with van der Waals surface area (Å²) in [5, 5.41) is 2.98. The van der Waals surface area contributed by atoms with E-state index in [0.29, 0.717) is 36.1 Å². The predicted molar refractivity (Wildman–Crippen MR) is 104 cm³/mol. The van der Waals surface area contributed by atoms with Crippen molar-refractivity contribution in [3.8, 4) is 11.5 Å². The summed E-state index contributed by atoms with van der Waals surface area (Å²) in [5.74, 6) is 1.79. The van der Waals surface area contributed by atoms with E-state index in [1.54, 1.807) is 31.3 Å². The summed E-state index contributed by atoms with van der Waals surface area (Å²) < 4.78 is 10.7. The maximum absolute atomic E-state index is 13.3. The molecule has 7 heteroatoms. The number of benzene rings is 1. The lowest BCUT2D eigenvalue weighted by molar-refractivity contribution is -0.126. The minimum absolute atomic E-state index is 0.0113. The van der Waals surface area contributed by atoms with Gasteiger partial charge in [0.05, 0.1) is 38.1 Å². The van der Waals surface area contributed by atoms with Gasteiger partial charge in [0.2, 0.25) is 0 Å². The third-order valence-corrected chi connectivity index (χ3v) is 5.49. The van der Waals surface area contributed by atoms with Crippen LogP contribution in [0.2, 0.25) is 0 Å². The SMILES string of the molecule is C=CCN1C(=O)NC(c2cc(OC)cc(OC)c2)C2=C1CN(CC1CC1)C2=O. The van der Waals surface area contributed by atoms with Crippen molar-refractivity contribution in [2.45, 2.75) is 18.9 Å². The summed E-state index contributed by atoms with van der Waals surface area (Å²) in [6, 6.07) is 4.66. The molecule has 1 aromatic carbocycles. The number of carbonyl (C=O) groups is 2. The van der Waals surface area contributed by atoms with Gasteiger partial charge in [-0.3, -0.25) is 9.69 Å². The Bertz CT molecular complexity index is 837. The number of carbonyl (C=O) groups excluding carboxylic acids is 2. The van der Waals surface area contributed by atoms with Crippen LogP contribution < -0.4 is 14.8 Å². The molecule has 28 heavy (non-hydrogen) atoms. The highest BCUT2D eigenvalue weighted by molar-refractivity contribution is 6.01. The number of urea groups is 1. The summed E-state index contributed by atoms with van der Waals surface area (Å²) in [4.78, 5) is 29.5. The van der Waals surface area contributed by atoms with Gasteiger partial charge in [0.25, 0.3) is 5.91 Å². The minimum Gasteiger partial charge on any atom is -0.497 e. The van der Waals surface area contributed by atoms with Gasteiger partial charge in [-0.2, -0.15) is 0 Å². The Labute approximate surface area is 164 Å². The molecule has 0 saturated heterocycles. The van der Waals surface area contributed by atoms with Crippen molar-refractivity contribution in [3.63, 3.8) is 0 Å². The van der Waals surface area contributed by atoms with Crippen LogP contribution in [0.15, 0.2) is 42.1 Å². The van der Waals surface area contributed by atoms with Crippen LogP contribution in [0.5, 0.6) is 11.5 Å². The molecule has 0 radical (unpaired) electrons. The van der Waals surface area contributed by atoms with Crippen LogP contribution in [0.3, 0.4) is 0 Å². The molecule has 2 heterocycles. The van der Waals surface area contributed by atoms with Crippen molar-refractivity contribution in [2.24, 2.45) is 5.92 Å². The maximum atomic E-state index is 13.3. The average Bonchev–Trinajstić information content (AvgIpc) is 3.46. The van der Waals surface area contributed by atoms with Crippen LogP contribution in [0, 0.1) is 5.92 Å². The number of nitrogens with zero attached hydrogens (tertiary/aromatic N) is 2. The highest BCUT2D eigenvalue weighted by Gasteiger charge is 2.44. The zero-order chi connectivity index (χ0) is 19.8. The molecule has 3 amide bonds. The molecular formula is C21H25N3O4. The second kappa shape index (κ2) is 7.22. The van der Waals surface area contributed by atoms with E-state index in [4.69, 9.17) is 9.47 Å². The van der Waals surface area contributed by atoms with Gasteiger partial charge in [0.1, 0.15) is 11.5 Å². The first-order valence-electron chi connectivity index (χ1n) is 9.50. The van der Waals surface area contributed by atoms with Gasteiger partial charge in [-0.25, -0.2) is 4.79 Å². The highest BCUT2D eigenvalue weighted by Crippen LogP contribution is 2.40. The van der Waals surface area contributed by atoms with Gasteiger partial charge in [-0.05, 0) is 36.5 Å². The van der Waals surface area contributed by atoms with Gasteiger partial charge in [-0.1, -0.05) is 6.08 Å². The average molecular weight is 383 g/mol. The first-order valence-corrected chi connectivity index (χ1v) is 9.50. The summed E-state index contributed by atoms with van der Waals surface area (Å²) in [6.07, 6.45) is 4.00. The number of amides is 3. The second-order valence-electron chi connectivity index (χ2n) is 7.42. The number of nitrogens with one attached hydrogen (secondary N) is 1. The minimum atomic E-state index is -0.538. The molecule has 1 unspecified atom stereocenters. The molecule has 0 spiro atoms. The van der Waals surface area contributed by atoms with Crippen LogP contribution in [0.25, 0.3) is 0 Å². The smallest absolute Gasteiger partial charge is 0.322 e. The molecule has 1 fully saturated rings. The van der Waals surface area contributed by atoms with Crippen molar-refractivity contribution in [1.82, 2.24) is 15.1 Å². The Hall–Kier alpha value is -2.96. The van der Waals surface area contributed by atoms with E-state index < -0.39 is 6.04 Å². The number of hydrogen-bond donors (Lipinski definition) is 1. The molecular weight excluding hydrogens is 358 g/mol. The largest absolute Gasteiger partial charge is 0.497 e. The lowest BCUT2D eigenvalue weighted by Crippen LogP contribution is -2.47. The topological polar surface area (TPSA) is 71.1 Å². The summed E-state index contributed by atoms with van der Waals surface area (Å²) >= 11 is 0. The molecule has 2 aliphatic heterocycles. The van der Waals surface area contributed by atoms with Crippen molar-refractivity contribution in [1.29, 1.82) is 0 Å². The molecule has 1 N–H and O–H groups in total. The number of hydrogen-bond acceptors (Lipinski definition) is 4. The Balaban J connectivity index is 1.75.